The van der Waals surface area contributed by atoms with Crippen molar-refractivity contribution in [2.75, 3.05) is 6.54 Å². The molecule has 3 heteroatoms. The number of halogens is 1. The van der Waals surface area contributed by atoms with Gasteiger partial charge in [0.25, 0.3) is 0 Å². The van der Waals surface area contributed by atoms with Gasteiger partial charge in [-0.15, -0.1) is 0 Å². The monoisotopic (exact) mass is 240 g/mol. The summed E-state index contributed by atoms with van der Waals surface area (Å²) >= 11 is 5.84. The molecule has 1 heterocycles. The van der Waals surface area contributed by atoms with E-state index in [0.29, 0.717) is 17.0 Å². The van der Waals surface area contributed by atoms with E-state index in [-0.39, 0.29) is 0 Å². The Bertz CT molecular complexity index is 297. The van der Waals surface area contributed by atoms with Crippen LogP contribution < -0.4 is 5.32 Å². The highest BCUT2D eigenvalue weighted by molar-refractivity contribution is 6.30. The van der Waals surface area contributed by atoms with E-state index in [0.717, 1.165) is 25.1 Å². The third-order valence-electron chi connectivity index (χ3n) is 2.89. The summed E-state index contributed by atoms with van der Waals surface area (Å²) < 4.78 is 0. The number of hydrogen-bond acceptors (Lipinski definition) is 2. The number of rotatable bonds is 6. The molecule has 0 fully saturated rings. The predicted octanol–water partition coefficient (Wildman–Crippen LogP) is 3.62. The van der Waals surface area contributed by atoms with Crippen molar-refractivity contribution in [1.29, 1.82) is 0 Å². The van der Waals surface area contributed by atoms with E-state index < -0.39 is 0 Å². The molecule has 16 heavy (non-hydrogen) atoms. The number of aromatic nitrogens is 1. The lowest BCUT2D eigenvalue weighted by atomic mass is 9.94. The van der Waals surface area contributed by atoms with E-state index in [2.05, 4.69) is 31.1 Å². The molecule has 2 unspecified atom stereocenters. The van der Waals surface area contributed by atoms with Crippen molar-refractivity contribution in [3.63, 3.8) is 0 Å². The number of pyridine rings is 1. The van der Waals surface area contributed by atoms with Crippen LogP contribution in [0.1, 0.15) is 45.2 Å². The van der Waals surface area contributed by atoms with Crippen molar-refractivity contribution in [2.24, 2.45) is 0 Å². The van der Waals surface area contributed by atoms with Crippen molar-refractivity contribution in [3.05, 3.63) is 29.0 Å². The average molecular weight is 241 g/mol. The van der Waals surface area contributed by atoms with Crippen LogP contribution in [0.3, 0.4) is 0 Å². The lowest BCUT2D eigenvalue weighted by molar-refractivity contribution is 0.443. The number of nitrogens with one attached hydrogen (secondary N) is 1. The first kappa shape index (κ1) is 13.5. The molecule has 0 aliphatic carbocycles. The molecule has 1 aromatic rings. The molecule has 2 atom stereocenters. The Morgan fingerprint density at radius 2 is 2.12 bits per heavy atom. The van der Waals surface area contributed by atoms with Crippen molar-refractivity contribution >= 4 is 11.6 Å². The molecule has 2 nitrogen and oxygen atoms in total. The van der Waals surface area contributed by atoms with E-state index in [1.165, 1.54) is 0 Å². The molecule has 0 amide bonds. The highest BCUT2D eigenvalue weighted by Gasteiger charge is 2.17. The van der Waals surface area contributed by atoms with E-state index in [9.17, 15) is 0 Å². The summed E-state index contributed by atoms with van der Waals surface area (Å²) in [5.41, 5.74) is 1.13. The zero-order valence-electron chi connectivity index (χ0n) is 10.3. The smallest absolute Gasteiger partial charge is 0.0589 e. The summed E-state index contributed by atoms with van der Waals surface area (Å²) in [6, 6.07) is 4.40. The second-order valence-electron chi connectivity index (χ2n) is 4.16. The third kappa shape index (κ3) is 3.76. The first-order valence-electron chi connectivity index (χ1n) is 6.03. The Labute approximate surface area is 103 Å². The molecular weight excluding hydrogens is 220 g/mol. The van der Waals surface area contributed by atoms with Crippen molar-refractivity contribution < 1.29 is 0 Å². The molecule has 1 aromatic heterocycles. The normalized spacial score (nSPS) is 14.8. The Morgan fingerprint density at radius 3 is 2.62 bits per heavy atom. The maximum Gasteiger partial charge on any atom is 0.0589 e. The summed E-state index contributed by atoms with van der Waals surface area (Å²) in [5.74, 6) is 0.462. The Morgan fingerprint density at radius 1 is 1.38 bits per heavy atom. The van der Waals surface area contributed by atoms with Gasteiger partial charge in [-0.1, -0.05) is 25.4 Å². The van der Waals surface area contributed by atoms with Crippen LogP contribution in [0.25, 0.3) is 0 Å². The minimum atomic E-state index is 0.457. The van der Waals surface area contributed by atoms with Crippen molar-refractivity contribution in [3.8, 4) is 0 Å². The molecule has 0 saturated heterocycles. The third-order valence-corrected chi connectivity index (χ3v) is 3.11. The quantitative estimate of drug-likeness (QED) is 0.822. The summed E-state index contributed by atoms with van der Waals surface area (Å²) in [6.07, 6.45) is 3.98. The first-order valence-corrected chi connectivity index (χ1v) is 6.41. The Hall–Kier alpha value is -0.600. The molecule has 0 spiro atoms. The van der Waals surface area contributed by atoms with Crippen LogP contribution in [0.15, 0.2) is 18.3 Å². The lowest BCUT2D eigenvalue weighted by Gasteiger charge is -2.23. The summed E-state index contributed by atoms with van der Waals surface area (Å²) in [6.45, 7) is 7.66. The zero-order chi connectivity index (χ0) is 12.0. The van der Waals surface area contributed by atoms with Gasteiger partial charge in [0, 0.05) is 23.9 Å². The molecule has 0 radical (unpaired) electrons. The summed E-state index contributed by atoms with van der Waals surface area (Å²) in [7, 11) is 0. The van der Waals surface area contributed by atoms with E-state index in [1.807, 2.05) is 12.1 Å². The molecule has 0 aromatic carbocycles. The standard InChI is InChI=1S/C13H21ClN2/c1-4-8-15-10(3)12(5-2)13-7-6-11(14)9-16-13/h6-7,9-10,12,15H,4-5,8H2,1-3H3. The molecule has 1 rings (SSSR count). The molecular formula is C13H21ClN2. The van der Waals surface area contributed by atoms with Gasteiger partial charge in [-0.2, -0.15) is 0 Å². The van der Waals surface area contributed by atoms with Crippen LogP contribution >= 0.6 is 11.6 Å². The predicted molar refractivity (Wildman–Crippen MR) is 70.0 cm³/mol. The van der Waals surface area contributed by atoms with Gasteiger partial charge in [0.05, 0.1) is 5.02 Å². The second-order valence-corrected chi connectivity index (χ2v) is 4.60. The van der Waals surface area contributed by atoms with Crippen LogP contribution in [0.4, 0.5) is 0 Å². The molecule has 0 bridgehead atoms. The van der Waals surface area contributed by atoms with Crippen molar-refractivity contribution in [1.82, 2.24) is 10.3 Å². The molecule has 0 aliphatic rings. The second kappa shape index (κ2) is 6.87. The van der Waals surface area contributed by atoms with Gasteiger partial charge in [0.2, 0.25) is 0 Å². The fourth-order valence-corrected chi connectivity index (χ4v) is 2.05. The maximum absolute atomic E-state index is 5.84. The van der Waals surface area contributed by atoms with Gasteiger partial charge < -0.3 is 5.32 Å². The fraction of sp³-hybridized carbons (Fsp3) is 0.615. The van der Waals surface area contributed by atoms with Gasteiger partial charge in [-0.25, -0.2) is 0 Å². The van der Waals surface area contributed by atoms with Crippen molar-refractivity contribution in [2.45, 2.75) is 45.6 Å². The van der Waals surface area contributed by atoms with Crippen LogP contribution in [0.5, 0.6) is 0 Å². The minimum absolute atomic E-state index is 0.457. The van der Waals surface area contributed by atoms with Gasteiger partial charge in [0.15, 0.2) is 0 Å². The van der Waals surface area contributed by atoms with E-state index in [1.54, 1.807) is 6.20 Å². The molecule has 0 aliphatic heterocycles. The summed E-state index contributed by atoms with van der Waals surface area (Å²) in [5, 5.41) is 4.23. The van der Waals surface area contributed by atoms with Gasteiger partial charge >= 0.3 is 0 Å². The minimum Gasteiger partial charge on any atom is -0.314 e. The van der Waals surface area contributed by atoms with Gasteiger partial charge in [0.1, 0.15) is 0 Å². The van der Waals surface area contributed by atoms with Gasteiger partial charge in [-0.05, 0) is 38.4 Å². The Kier molecular flexibility index (Phi) is 5.78. The van der Waals surface area contributed by atoms with Gasteiger partial charge in [-0.3, -0.25) is 4.98 Å². The van der Waals surface area contributed by atoms with Crippen LogP contribution in [0, 0.1) is 0 Å². The van der Waals surface area contributed by atoms with Crippen LogP contribution in [-0.2, 0) is 0 Å². The number of hydrogen-bond donors (Lipinski definition) is 1. The van der Waals surface area contributed by atoms with E-state index in [4.69, 9.17) is 11.6 Å². The maximum atomic E-state index is 5.84. The summed E-state index contributed by atoms with van der Waals surface area (Å²) in [4.78, 5) is 4.41. The zero-order valence-corrected chi connectivity index (χ0v) is 11.1. The van der Waals surface area contributed by atoms with Crippen LogP contribution in [-0.4, -0.2) is 17.6 Å². The Balaban J connectivity index is 2.69. The highest BCUT2D eigenvalue weighted by Crippen LogP contribution is 2.22. The van der Waals surface area contributed by atoms with E-state index >= 15 is 0 Å². The highest BCUT2D eigenvalue weighted by atomic mass is 35.5. The lowest BCUT2D eigenvalue weighted by Crippen LogP contribution is -2.32. The average Bonchev–Trinajstić information content (AvgIpc) is 2.30. The number of nitrogens with zero attached hydrogens (tertiary/aromatic N) is 1. The SMILES string of the molecule is CCCNC(C)C(CC)c1ccc(Cl)cn1. The molecule has 90 valence electrons. The molecule has 1 N–H and O–H groups in total. The largest absolute Gasteiger partial charge is 0.314 e. The van der Waals surface area contributed by atoms with Crippen LogP contribution in [0.2, 0.25) is 5.02 Å². The molecule has 0 saturated carbocycles. The first-order chi connectivity index (χ1) is 7.69. The topological polar surface area (TPSA) is 24.9 Å². The fourth-order valence-electron chi connectivity index (χ4n) is 1.94.